The van der Waals surface area contributed by atoms with Gasteiger partial charge in [-0.15, -0.1) is 24.0 Å². The summed E-state index contributed by atoms with van der Waals surface area (Å²) < 4.78 is 51.2. The SMILES string of the molecule is CCNC(=NCc1cc(C#N)ccc1F)NC1CCN(CC(F)(F)F)C1.I. The monoisotopic (exact) mass is 499 g/mol. The number of nitrogens with one attached hydrogen (secondary N) is 2. The highest BCUT2D eigenvalue weighted by Gasteiger charge is 2.34. The average Bonchev–Trinajstić information content (AvgIpc) is 2.99. The summed E-state index contributed by atoms with van der Waals surface area (Å²) in [6.45, 7) is 2.14. The first-order valence-corrected chi connectivity index (χ1v) is 8.33. The molecule has 0 radical (unpaired) electrons. The number of nitrogens with zero attached hydrogens (tertiary/aromatic N) is 3. The van der Waals surface area contributed by atoms with Gasteiger partial charge in [0, 0.05) is 31.2 Å². The van der Waals surface area contributed by atoms with Crippen molar-refractivity contribution in [1.82, 2.24) is 15.5 Å². The summed E-state index contributed by atoms with van der Waals surface area (Å²) in [5, 5.41) is 15.0. The van der Waals surface area contributed by atoms with E-state index in [9.17, 15) is 17.6 Å². The maximum Gasteiger partial charge on any atom is 0.401 e. The molecule has 0 spiro atoms. The van der Waals surface area contributed by atoms with Gasteiger partial charge in [-0.1, -0.05) is 0 Å². The van der Waals surface area contributed by atoms with E-state index < -0.39 is 18.5 Å². The van der Waals surface area contributed by atoms with Gasteiger partial charge in [0.1, 0.15) is 5.82 Å². The molecule has 1 fully saturated rings. The van der Waals surface area contributed by atoms with E-state index in [1.165, 1.54) is 23.1 Å². The van der Waals surface area contributed by atoms with Crippen LogP contribution in [0.3, 0.4) is 0 Å². The lowest BCUT2D eigenvalue weighted by Crippen LogP contribution is -2.45. The zero-order chi connectivity index (χ0) is 19.2. The van der Waals surface area contributed by atoms with E-state index in [4.69, 9.17) is 5.26 Å². The van der Waals surface area contributed by atoms with E-state index in [1.807, 2.05) is 13.0 Å². The molecule has 10 heteroatoms. The Bertz CT molecular complexity index is 687. The minimum atomic E-state index is -4.21. The van der Waals surface area contributed by atoms with Crippen LogP contribution in [0.1, 0.15) is 24.5 Å². The molecule has 1 heterocycles. The first-order chi connectivity index (χ1) is 12.3. The van der Waals surface area contributed by atoms with Gasteiger partial charge in [-0.25, -0.2) is 9.38 Å². The van der Waals surface area contributed by atoms with Crippen molar-refractivity contribution in [3.05, 3.63) is 35.1 Å². The maximum atomic E-state index is 13.8. The van der Waals surface area contributed by atoms with Gasteiger partial charge in [-0.05, 0) is 31.5 Å². The first kappa shape index (κ1) is 23.4. The van der Waals surface area contributed by atoms with Crippen LogP contribution in [-0.2, 0) is 6.54 Å². The number of nitriles is 1. The van der Waals surface area contributed by atoms with E-state index in [0.29, 0.717) is 31.0 Å². The number of guanidine groups is 1. The Balaban J connectivity index is 0.00000364. The number of likely N-dealkylation sites (tertiary alicyclic amines) is 1. The number of hydrogen-bond donors (Lipinski definition) is 2. The molecule has 1 aliphatic heterocycles. The van der Waals surface area contributed by atoms with Gasteiger partial charge >= 0.3 is 6.18 Å². The third-order valence-corrected chi connectivity index (χ3v) is 3.94. The van der Waals surface area contributed by atoms with Crippen LogP contribution >= 0.6 is 24.0 Å². The molecule has 0 aliphatic carbocycles. The van der Waals surface area contributed by atoms with Gasteiger partial charge < -0.3 is 10.6 Å². The predicted molar refractivity (Wildman–Crippen MR) is 105 cm³/mol. The standard InChI is InChI=1S/C17H21F4N5.HI/c1-2-23-16(24-9-13-7-12(8-22)3-4-15(13)18)25-14-5-6-26(10-14)11-17(19,20)21;/h3-4,7,14H,2,5-6,9-11H2,1H3,(H2,23,24,25);1H. The second-order valence-corrected chi connectivity index (χ2v) is 6.09. The fourth-order valence-electron chi connectivity index (χ4n) is 2.79. The van der Waals surface area contributed by atoms with Crippen LogP contribution in [0.15, 0.2) is 23.2 Å². The molecule has 2 rings (SSSR count). The van der Waals surface area contributed by atoms with Gasteiger partial charge in [0.2, 0.25) is 0 Å². The van der Waals surface area contributed by atoms with Crippen molar-refractivity contribution in [1.29, 1.82) is 5.26 Å². The highest BCUT2D eigenvalue weighted by Crippen LogP contribution is 2.20. The molecule has 27 heavy (non-hydrogen) atoms. The second-order valence-electron chi connectivity index (χ2n) is 6.09. The molecular formula is C17H22F4IN5. The Hall–Kier alpha value is -1.61. The Kier molecular flexibility index (Phi) is 9.25. The average molecular weight is 499 g/mol. The van der Waals surface area contributed by atoms with Crippen LogP contribution in [-0.4, -0.2) is 49.3 Å². The molecule has 0 bridgehead atoms. The molecule has 5 nitrogen and oxygen atoms in total. The van der Waals surface area contributed by atoms with Gasteiger partial charge in [-0.2, -0.15) is 18.4 Å². The second kappa shape index (κ2) is 10.7. The third kappa shape index (κ3) is 7.88. The quantitative estimate of drug-likeness (QED) is 0.283. The lowest BCUT2D eigenvalue weighted by Gasteiger charge is -2.19. The van der Waals surface area contributed by atoms with Gasteiger partial charge in [0.25, 0.3) is 0 Å². The lowest BCUT2D eigenvalue weighted by atomic mass is 10.1. The molecule has 1 saturated heterocycles. The van der Waals surface area contributed by atoms with Gasteiger partial charge in [0.05, 0.1) is 24.7 Å². The summed E-state index contributed by atoms with van der Waals surface area (Å²) in [6, 6.07) is 5.82. The van der Waals surface area contributed by atoms with Crippen molar-refractivity contribution in [2.45, 2.75) is 32.1 Å². The van der Waals surface area contributed by atoms with Crippen molar-refractivity contribution >= 4 is 29.9 Å². The molecule has 1 unspecified atom stereocenters. The van der Waals surface area contributed by atoms with E-state index in [1.54, 1.807) is 0 Å². The minimum absolute atomic E-state index is 0. The smallest absolute Gasteiger partial charge is 0.357 e. The summed E-state index contributed by atoms with van der Waals surface area (Å²) in [5.41, 5.74) is 0.625. The van der Waals surface area contributed by atoms with Crippen LogP contribution in [0.25, 0.3) is 0 Å². The molecule has 1 atom stereocenters. The van der Waals surface area contributed by atoms with Crippen molar-refractivity contribution in [3.63, 3.8) is 0 Å². The molecule has 150 valence electrons. The fraction of sp³-hybridized carbons (Fsp3) is 0.529. The Morgan fingerprint density at radius 1 is 1.41 bits per heavy atom. The van der Waals surface area contributed by atoms with E-state index >= 15 is 0 Å². The minimum Gasteiger partial charge on any atom is -0.357 e. The van der Waals surface area contributed by atoms with Crippen LogP contribution in [0.5, 0.6) is 0 Å². The van der Waals surface area contributed by atoms with Gasteiger partial charge in [-0.3, -0.25) is 4.90 Å². The van der Waals surface area contributed by atoms with Crippen molar-refractivity contribution in [2.24, 2.45) is 4.99 Å². The molecule has 2 N–H and O–H groups in total. The van der Waals surface area contributed by atoms with E-state index in [2.05, 4.69) is 15.6 Å². The zero-order valence-corrected chi connectivity index (χ0v) is 17.1. The number of rotatable bonds is 5. The topological polar surface area (TPSA) is 63.5 Å². The molecule has 1 aromatic rings. The summed E-state index contributed by atoms with van der Waals surface area (Å²) in [5.74, 6) is -0.0473. The Morgan fingerprint density at radius 2 is 2.15 bits per heavy atom. The fourth-order valence-corrected chi connectivity index (χ4v) is 2.79. The number of hydrogen-bond acceptors (Lipinski definition) is 3. The molecule has 1 aromatic carbocycles. The van der Waals surface area contributed by atoms with Crippen LogP contribution in [0.4, 0.5) is 17.6 Å². The molecule has 0 aromatic heterocycles. The lowest BCUT2D eigenvalue weighted by molar-refractivity contribution is -0.143. The molecule has 1 aliphatic rings. The van der Waals surface area contributed by atoms with Crippen molar-refractivity contribution in [3.8, 4) is 6.07 Å². The van der Waals surface area contributed by atoms with Crippen molar-refractivity contribution < 1.29 is 17.6 Å². The summed E-state index contributed by atoms with van der Waals surface area (Å²) in [7, 11) is 0. The normalized spacial score (nSPS) is 17.9. The van der Waals surface area contributed by atoms with Crippen LogP contribution in [0, 0.1) is 17.1 Å². The largest absolute Gasteiger partial charge is 0.401 e. The number of alkyl halides is 3. The molecule has 0 amide bonds. The number of benzene rings is 1. The molecular weight excluding hydrogens is 477 g/mol. The third-order valence-electron chi connectivity index (χ3n) is 3.94. The van der Waals surface area contributed by atoms with E-state index in [0.717, 1.165) is 0 Å². The molecule has 0 saturated carbocycles. The van der Waals surface area contributed by atoms with Gasteiger partial charge in [0.15, 0.2) is 5.96 Å². The first-order valence-electron chi connectivity index (χ1n) is 8.33. The van der Waals surface area contributed by atoms with E-state index in [-0.39, 0.29) is 48.7 Å². The Labute approximate surface area is 172 Å². The zero-order valence-electron chi connectivity index (χ0n) is 14.8. The summed E-state index contributed by atoms with van der Waals surface area (Å²) in [4.78, 5) is 5.63. The van der Waals surface area contributed by atoms with Crippen LogP contribution < -0.4 is 10.6 Å². The highest BCUT2D eigenvalue weighted by molar-refractivity contribution is 14.0. The highest BCUT2D eigenvalue weighted by atomic mass is 127. The van der Waals surface area contributed by atoms with Crippen molar-refractivity contribution in [2.75, 3.05) is 26.2 Å². The number of aliphatic imine (C=N–C) groups is 1. The summed E-state index contributed by atoms with van der Waals surface area (Å²) >= 11 is 0. The Morgan fingerprint density at radius 3 is 2.78 bits per heavy atom. The van der Waals surface area contributed by atoms with Crippen LogP contribution in [0.2, 0.25) is 0 Å². The number of halogens is 5. The summed E-state index contributed by atoms with van der Waals surface area (Å²) in [6.07, 6.45) is -3.64. The maximum absolute atomic E-state index is 13.8. The predicted octanol–water partition coefficient (Wildman–Crippen LogP) is 3.01.